The van der Waals surface area contributed by atoms with Crippen molar-refractivity contribution in [2.75, 3.05) is 20.8 Å². The summed E-state index contributed by atoms with van der Waals surface area (Å²) >= 11 is 0. The first-order chi connectivity index (χ1) is 14.0. The summed E-state index contributed by atoms with van der Waals surface area (Å²) in [5.74, 6) is 1.31. The highest BCUT2D eigenvalue weighted by atomic mass is 16.5. The molecule has 1 amide bonds. The van der Waals surface area contributed by atoms with Crippen LogP contribution in [0, 0.1) is 0 Å². The van der Waals surface area contributed by atoms with Gasteiger partial charge in [-0.3, -0.25) is 9.59 Å². The van der Waals surface area contributed by atoms with E-state index in [0.717, 1.165) is 23.7 Å². The van der Waals surface area contributed by atoms with E-state index in [9.17, 15) is 9.59 Å². The number of unbranched alkanes of at least 4 members (excludes halogenated alkanes) is 1. The molecule has 6 heteroatoms. The highest BCUT2D eigenvalue weighted by molar-refractivity contribution is 5.94. The van der Waals surface area contributed by atoms with Gasteiger partial charge in [0.15, 0.2) is 0 Å². The standard InChI is InChI=1S/C23H26N2O4/c1-4-5-12-25(23(27)16-6-8-19(28-2)9-7-16)15-18-13-17-14-20(29-3)10-11-21(17)24-22(18)26/h6-11,13-14H,4-5,12,15H2,1-3H3,(H,24,26). The Balaban J connectivity index is 1.91. The summed E-state index contributed by atoms with van der Waals surface area (Å²) in [5.41, 5.74) is 1.66. The smallest absolute Gasteiger partial charge is 0.254 e. The van der Waals surface area contributed by atoms with Crippen LogP contribution in [0.4, 0.5) is 0 Å². The zero-order valence-corrected chi connectivity index (χ0v) is 17.0. The van der Waals surface area contributed by atoms with Crippen LogP contribution < -0.4 is 15.0 Å². The average Bonchev–Trinajstić information content (AvgIpc) is 2.76. The van der Waals surface area contributed by atoms with Crippen molar-refractivity contribution >= 4 is 16.8 Å². The Morgan fingerprint density at radius 1 is 1.00 bits per heavy atom. The van der Waals surface area contributed by atoms with Crippen LogP contribution in [0.3, 0.4) is 0 Å². The van der Waals surface area contributed by atoms with Crippen LogP contribution in [0.1, 0.15) is 35.7 Å². The van der Waals surface area contributed by atoms with Crippen molar-refractivity contribution in [3.63, 3.8) is 0 Å². The molecule has 0 aliphatic heterocycles. The molecule has 6 nitrogen and oxygen atoms in total. The van der Waals surface area contributed by atoms with E-state index in [-0.39, 0.29) is 18.0 Å². The van der Waals surface area contributed by atoms with Crippen LogP contribution >= 0.6 is 0 Å². The fraction of sp³-hybridized carbons (Fsp3) is 0.304. The summed E-state index contributed by atoms with van der Waals surface area (Å²) in [6, 6.07) is 14.3. The van der Waals surface area contributed by atoms with Crippen molar-refractivity contribution in [1.29, 1.82) is 0 Å². The molecular formula is C23H26N2O4. The Labute approximate surface area is 170 Å². The normalized spacial score (nSPS) is 10.7. The number of hydrogen-bond donors (Lipinski definition) is 1. The van der Waals surface area contributed by atoms with Crippen LogP contribution in [-0.2, 0) is 6.54 Å². The SMILES string of the molecule is CCCCN(Cc1cc2cc(OC)ccc2[nH]c1=O)C(=O)c1ccc(OC)cc1. The number of rotatable bonds is 8. The molecule has 1 heterocycles. The lowest BCUT2D eigenvalue weighted by Gasteiger charge is -2.23. The van der Waals surface area contributed by atoms with E-state index in [1.54, 1.807) is 49.5 Å². The molecule has 3 aromatic rings. The highest BCUT2D eigenvalue weighted by Crippen LogP contribution is 2.20. The lowest BCUT2D eigenvalue weighted by Crippen LogP contribution is -2.33. The average molecular weight is 394 g/mol. The molecule has 1 N–H and O–H groups in total. The summed E-state index contributed by atoms with van der Waals surface area (Å²) in [6.45, 7) is 2.90. The highest BCUT2D eigenvalue weighted by Gasteiger charge is 2.18. The van der Waals surface area contributed by atoms with Gasteiger partial charge in [-0.05, 0) is 55.0 Å². The molecule has 3 rings (SSSR count). The largest absolute Gasteiger partial charge is 0.497 e. The number of fused-ring (bicyclic) bond motifs is 1. The first-order valence-corrected chi connectivity index (χ1v) is 9.69. The molecule has 0 radical (unpaired) electrons. The molecule has 0 saturated heterocycles. The van der Waals surface area contributed by atoms with Gasteiger partial charge in [0, 0.05) is 28.6 Å². The molecule has 0 unspecified atom stereocenters. The van der Waals surface area contributed by atoms with Crippen molar-refractivity contribution in [2.45, 2.75) is 26.3 Å². The van der Waals surface area contributed by atoms with Crippen LogP contribution in [0.5, 0.6) is 11.5 Å². The fourth-order valence-corrected chi connectivity index (χ4v) is 3.20. The van der Waals surface area contributed by atoms with Crippen molar-refractivity contribution in [3.05, 3.63) is 70.0 Å². The van der Waals surface area contributed by atoms with Gasteiger partial charge >= 0.3 is 0 Å². The minimum absolute atomic E-state index is 0.105. The second kappa shape index (κ2) is 9.28. The first-order valence-electron chi connectivity index (χ1n) is 9.69. The van der Waals surface area contributed by atoms with Gasteiger partial charge in [-0.15, -0.1) is 0 Å². The Morgan fingerprint density at radius 2 is 1.69 bits per heavy atom. The van der Waals surface area contributed by atoms with Gasteiger partial charge in [0.1, 0.15) is 11.5 Å². The number of benzene rings is 2. The fourth-order valence-electron chi connectivity index (χ4n) is 3.20. The predicted molar refractivity (Wildman–Crippen MR) is 114 cm³/mol. The number of ether oxygens (including phenoxy) is 2. The van der Waals surface area contributed by atoms with Gasteiger partial charge in [0.25, 0.3) is 11.5 Å². The number of hydrogen-bond acceptors (Lipinski definition) is 4. The molecule has 0 atom stereocenters. The van der Waals surface area contributed by atoms with Gasteiger partial charge < -0.3 is 19.4 Å². The van der Waals surface area contributed by atoms with Gasteiger partial charge in [-0.25, -0.2) is 0 Å². The Hall–Kier alpha value is -3.28. The number of nitrogens with one attached hydrogen (secondary N) is 1. The zero-order valence-electron chi connectivity index (χ0n) is 17.0. The molecule has 0 saturated carbocycles. The molecular weight excluding hydrogens is 368 g/mol. The van der Waals surface area contributed by atoms with Crippen LogP contribution in [0.2, 0.25) is 0 Å². The Kier molecular flexibility index (Phi) is 6.54. The summed E-state index contributed by atoms with van der Waals surface area (Å²) in [7, 11) is 3.19. The maximum absolute atomic E-state index is 13.1. The lowest BCUT2D eigenvalue weighted by molar-refractivity contribution is 0.0740. The van der Waals surface area contributed by atoms with Gasteiger partial charge in [0.2, 0.25) is 0 Å². The number of pyridine rings is 1. The predicted octanol–water partition coefficient (Wildman–Crippen LogP) is 3.99. The molecule has 0 aliphatic carbocycles. The number of H-pyrrole nitrogens is 1. The van der Waals surface area contributed by atoms with Gasteiger partial charge in [0.05, 0.1) is 20.8 Å². The van der Waals surface area contributed by atoms with E-state index >= 15 is 0 Å². The third kappa shape index (κ3) is 4.77. The van der Waals surface area contributed by atoms with Crippen molar-refractivity contribution < 1.29 is 14.3 Å². The van der Waals surface area contributed by atoms with Crippen molar-refractivity contribution in [2.24, 2.45) is 0 Å². The molecule has 0 fully saturated rings. The number of amides is 1. The number of nitrogens with zero attached hydrogens (tertiary/aromatic N) is 1. The maximum atomic E-state index is 13.1. The lowest BCUT2D eigenvalue weighted by atomic mass is 10.1. The summed E-state index contributed by atoms with van der Waals surface area (Å²) in [6.07, 6.45) is 1.82. The van der Waals surface area contributed by atoms with Crippen LogP contribution in [0.15, 0.2) is 53.3 Å². The van der Waals surface area contributed by atoms with Crippen molar-refractivity contribution in [3.8, 4) is 11.5 Å². The maximum Gasteiger partial charge on any atom is 0.254 e. The summed E-state index contributed by atoms with van der Waals surface area (Å²) in [4.78, 5) is 30.3. The monoisotopic (exact) mass is 394 g/mol. The Bertz CT molecular complexity index is 1040. The minimum atomic E-state index is -0.188. The van der Waals surface area contributed by atoms with E-state index in [1.165, 1.54) is 0 Å². The van der Waals surface area contributed by atoms with E-state index in [1.807, 2.05) is 18.2 Å². The second-order valence-corrected chi connectivity index (χ2v) is 6.89. The van der Waals surface area contributed by atoms with Crippen molar-refractivity contribution in [1.82, 2.24) is 9.88 Å². The zero-order chi connectivity index (χ0) is 20.8. The van der Waals surface area contributed by atoms with E-state index < -0.39 is 0 Å². The number of aromatic amines is 1. The van der Waals surface area contributed by atoms with Gasteiger partial charge in [-0.2, -0.15) is 0 Å². The number of methoxy groups -OCH3 is 2. The molecule has 2 aromatic carbocycles. The molecule has 152 valence electrons. The van der Waals surface area contributed by atoms with Gasteiger partial charge in [-0.1, -0.05) is 13.3 Å². The second-order valence-electron chi connectivity index (χ2n) is 6.89. The molecule has 0 bridgehead atoms. The number of carbonyl (C=O) groups is 1. The van der Waals surface area contributed by atoms with E-state index in [0.29, 0.717) is 29.2 Å². The molecule has 29 heavy (non-hydrogen) atoms. The Morgan fingerprint density at radius 3 is 2.34 bits per heavy atom. The van der Waals surface area contributed by atoms with Crippen LogP contribution in [0.25, 0.3) is 10.9 Å². The third-order valence-electron chi connectivity index (χ3n) is 4.90. The van der Waals surface area contributed by atoms with Crippen LogP contribution in [-0.4, -0.2) is 36.6 Å². The molecule has 1 aromatic heterocycles. The van der Waals surface area contributed by atoms with E-state index in [2.05, 4.69) is 11.9 Å². The minimum Gasteiger partial charge on any atom is -0.497 e. The molecule has 0 spiro atoms. The topological polar surface area (TPSA) is 71.6 Å². The third-order valence-corrected chi connectivity index (χ3v) is 4.90. The van der Waals surface area contributed by atoms with E-state index in [4.69, 9.17) is 9.47 Å². The summed E-state index contributed by atoms with van der Waals surface area (Å²) in [5, 5.41) is 0.867. The first kappa shape index (κ1) is 20.5. The number of aromatic nitrogens is 1. The quantitative estimate of drug-likeness (QED) is 0.627. The summed E-state index contributed by atoms with van der Waals surface area (Å²) < 4.78 is 10.4. The molecule has 0 aliphatic rings. The number of carbonyl (C=O) groups excluding carboxylic acids is 1.